The number of hydrogen-bond acceptors (Lipinski definition) is 4. The molecule has 5 heteroatoms. The van der Waals surface area contributed by atoms with Gasteiger partial charge in [-0.05, 0) is 19.8 Å². The van der Waals surface area contributed by atoms with Crippen molar-refractivity contribution in [3.63, 3.8) is 0 Å². The highest BCUT2D eigenvalue weighted by molar-refractivity contribution is 5.87. The van der Waals surface area contributed by atoms with Gasteiger partial charge in [0.2, 0.25) is 0 Å². The molecule has 1 saturated carbocycles. The van der Waals surface area contributed by atoms with E-state index < -0.39 is 0 Å². The molecule has 1 aromatic rings. The van der Waals surface area contributed by atoms with Crippen LogP contribution in [-0.4, -0.2) is 27.3 Å². The number of hydrogen-bond donors (Lipinski definition) is 1. The molecule has 0 aliphatic heterocycles. The Balaban J connectivity index is 2.25. The lowest BCUT2D eigenvalue weighted by Gasteiger charge is -2.15. The minimum absolute atomic E-state index is 0.277. The first kappa shape index (κ1) is 9.18. The number of aromatic nitrogens is 3. The molecular formula is C9H14N4O. The van der Waals surface area contributed by atoms with Gasteiger partial charge in [0.1, 0.15) is 17.6 Å². The largest absolute Gasteiger partial charge is 0.481 e. The molecule has 0 amide bonds. The van der Waals surface area contributed by atoms with Crippen molar-refractivity contribution in [1.82, 2.24) is 14.8 Å². The first-order chi connectivity index (χ1) is 6.70. The van der Waals surface area contributed by atoms with Crippen LogP contribution in [-0.2, 0) is 17.2 Å². The molecule has 14 heavy (non-hydrogen) atoms. The summed E-state index contributed by atoms with van der Waals surface area (Å²) < 4.78 is 6.97. The maximum atomic E-state index is 7.82. The van der Waals surface area contributed by atoms with Gasteiger partial charge in [-0.3, -0.25) is 10.1 Å². The van der Waals surface area contributed by atoms with Gasteiger partial charge in [-0.25, -0.2) is 4.98 Å². The maximum absolute atomic E-state index is 7.82. The van der Waals surface area contributed by atoms with Crippen molar-refractivity contribution in [2.45, 2.75) is 25.2 Å². The summed E-state index contributed by atoms with van der Waals surface area (Å²) in [5.74, 6) is 1.17. The molecule has 0 atom stereocenters. The van der Waals surface area contributed by atoms with Crippen LogP contribution >= 0.6 is 0 Å². The SMILES string of the molecule is CCOC(=N)C1(c2ncnn2C)CC1. The summed E-state index contributed by atoms with van der Waals surface area (Å²) in [7, 11) is 1.85. The minimum Gasteiger partial charge on any atom is -0.481 e. The monoisotopic (exact) mass is 194 g/mol. The summed E-state index contributed by atoms with van der Waals surface area (Å²) in [6, 6.07) is 0. The third kappa shape index (κ3) is 1.20. The average Bonchev–Trinajstić information content (AvgIpc) is 2.85. The van der Waals surface area contributed by atoms with Gasteiger partial charge in [0, 0.05) is 7.05 Å². The van der Waals surface area contributed by atoms with Crippen molar-refractivity contribution in [3.05, 3.63) is 12.2 Å². The van der Waals surface area contributed by atoms with Crippen LogP contribution in [0.1, 0.15) is 25.6 Å². The molecule has 1 aliphatic carbocycles. The quantitative estimate of drug-likeness (QED) is 0.573. The lowest BCUT2D eigenvalue weighted by atomic mass is 10.1. The Hall–Kier alpha value is -1.39. The minimum atomic E-state index is -0.277. The molecule has 1 heterocycles. The van der Waals surface area contributed by atoms with Crippen molar-refractivity contribution in [3.8, 4) is 0 Å². The van der Waals surface area contributed by atoms with Crippen LogP contribution in [0.4, 0.5) is 0 Å². The predicted octanol–water partition coefficient (Wildman–Crippen LogP) is 0.860. The van der Waals surface area contributed by atoms with E-state index >= 15 is 0 Å². The van der Waals surface area contributed by atoms with Crippen molar-refractivity contribution < 1.29 is 4.74 Å². The smallest absolute Gasteiger partial charge is 0.194 e. The highest BCUT2D eigenvalue weighted by Crippen LogP contribution is 2.48. The van der Waals surface area contributed by atoms with Gasteiger partial charge >= 0.3 is 0 Å². The van der Waals surface area contributed by atoms with Crippen LogP contribution in [0.25, 0.3) is 0 Å². The molecule has 0 saturated heterocycles. The fourth-order valence-electron chi connectivity index (χ4n) is 1.69. The second kappa shape index (κ2) is 3.08. The van der Waals surface area contributed by atoms with E-state index in [1.54, 1.807) is 4.68 Å². The van der Waals surface area contributed by atoms with E-state index in [0.29, 0.717) is 12.5 Å². The Bertz CT molecular complexity index is 353. The van der Waals surface area contributed by atoms with Gasteiger partial charge in [0.15, 0.2) is 5.90 Å². The lowest BCUT2D eigenvalue weighted by Crippen LogP contribution is -2.26. The highest BCUT2D eigenvalue weighted by atomic mass is 16.5. The summed E-state index contributed by atoms with van der Waals surface area (Å²) >= 11 is 0. The maximum Gasteiger partial charge on any atom is 0.194 e. The Kier molecular flexibility index (Phi) is 2.02. The number of nitrogens with zero attached hydrogens (tertiary/aromatic N) is 3. The Morgan fingerprint density at radius 1 is 1.71 bits per heavy atom. The molecule has 0 spiro atoms. The molecule has 5 nitrogen and oxygen atoms in total. The van der Waals surface area contributed by atoms with Gasteiger partial charge in [0.05, 0.1) is 6.61 Å². The highest BCUT2D eigenvalue weighted by Gasteiger charge is 2.53. The molecule has 2 rings (SSSR count). The summed E-state index contributed by atoms with van der Waals surface area (Å²) in [6.07, 6.45) is 3.41. The topological polar surface area (TPSA) is 63.8 Å². The van der Waals surface area contributed by atoms with E-state index in [9.17, 15) is 0 Å². The molecule has 0 bridgehead atoms. The van der Waals surface area contributed by atoms with E-state index in [-0.39, 0.29) is 5.41 Å². The summed E-state index contributed by atoms with van der Waals surface area (Å²) in [5.41, 5.74) is -0.277. The Morgan fingerprint density at radius 2 is 2.43 bits per heavy atom. The molecule has 0 radical (unpaired) electrons. The van der Waals surface area contributed by atoms with Gasteiger partial charge in [0.25, 0.3) is 0 Å². The third-order valence-electron chi connectivity index (χ3n) is 2.61. The van der Waals surface area contributed by atoms with Crippen molar-refractivity contribution >= 4 is 5.90 Å². The summed E-state index contributed by atoms with van der Waals surface area (Å²) in [4.78, 5) is 4.18. The van der Waals surface area contributed by atoms with Gasteiger partial charge in [-0.15, -0.1) is 0 Å². The Morgan fingerprint density at radius 3 is 2.86 bits per heavy atom. The fraction of sp³-hybridized carbons (Fsp3) is 0.667. The van der Waals surface area contributed by atoms with Crippen LogP contribution in [0.3, 0.4) is 0 Å². The number of aryl methyl sites for hydroxylation is 1. The van der Waals surface area contributed by atoms with Crippen LogP contribution in [0.15, 0.2) is 6.33 Å². The first-order valence-corrected chi connectivity index (χ1v) is 4.77. The van der Waals surface area contributed by atoms with Gasteiger partial charge in [-0.2, -0.15) is 5.10 Å². The van der Waals surface area contributed by atoms with E-state index in [2.05, 4.69) is 10.1 Å². The average molecular weight is 194 g/mol. The van der Waals surface area contributed by atoms with Gasteiger partial charge < -0.3 is 4.74 Å². The van der Waals surface area contributed by atoms with E-state index in [4.69, 9.17) is 10.1 Å². The van der Waals surface area contributed by atoms with E-state index in [1.165, 1.54) is 6.33 Å². The normalized spacial score (nSPS) is 17.9. The molecular weight excluding hydrogens is 180 g/mol. The Labute approximate surface area is 82.6 Å². The number of nitrogens with one attached hydrogen (secondary N) is 1. The molecule has 0 aromatic carbocycles. The second-order valence-electron chi connectivity index (χ2n) is 3.55. The summed E-state index contributed by atoms with van der Waals surface area (Å²) in [5, 5.41) is 11.8. The van der Waals surface area contributed by atoms with E-state index in [0.717, 1.165) is 18.7 Å². The van der Waals surface area contributed by atoms with Crippen molar-refractivity contribution in [1.29, 1.82) is 5.41 Å². The third-order valence-corrected chi connectivity index (χ3v) is 2.61. The van der Waals surface area contributed by atoms with E-state index in [1.807, 2.05) is 14.0 Å². The predicted molar refractivity (Wildman–Crippen MR) is 51.3 cm³/mol. The standard InChI is InChI=1S/C9H14N4O/c1-3-14-7(10)9(4-5-9)8-11-6-12-13(8)2/h6,10H,3-5H2,1-2H3. The number of rotatable bonds is 3. The van der Waals surface area contributed by atoms with Crippen LogP contribution < -0.4 is 0 Å². The first-order valence-electron chi connectivity index (χ1n) is 4.77. The zero-order valence-electron chi connectivity index (χ0n) is 8.45. The van der Waals surface area contributed by atoms with Gasteiger partial charge in [-0.1, -0.05) is 0 Å². The zero-order valence-corrected chi connectivity index (χ0v) is 8.45. The van der Waals surface area contributed by atoms with Crippen LogP contribution in [0.2, 0.25) is 0 Å². The molecule has 1 fully saturated rings. The molecule has 1 aromatic heterocycles. The summed E-state index contributed by atoms with van der Waals surface area (Å²) in [6.45, 7) is 2.43. The number of ether oxygens (including phenoxy) is 1. The van der Waals surface area contributed by atoms with Crippen LogP contribution in [0, 0.1) is 5.41 Å². The molecule has 1 N–H and O–H groups in total. The van der Waals surface area contributed by atoms with Crippen molar-refractivity contribution in [2.75, 3.05) is 6.61 Å². The van der Waals surface area contributed by atoms with Crippen LogP contribution in [0.5, 0.6) is 0 Å². The zero-order chi connectivity index (χ0) is 10.2. The fourth-order valence-corrected chi connectivity index (χ4v) is 1.69. The molecule has 76 valence electrons. The second-order valence-corrected chi connectivity index (χ2v) is 3.55. The molecule has 0 unspecified atom stereocenters. The molecule has 1 aliphatic rings. The van der Waals surface area contributed by atoms with Crippen molar-refractivity contribution in [2.24, 2.45) is 7.05 Å². The lowest BCUT2D eigenvalue weighted by molar-refractivity contribution is 0.302.